The van der Waals surface area contributed by atoms with Gasteiger partial charge in [0, 0.05) is 18.6 Å². The lowest BCUT2D eigenvalue weighted by molar-refractivity contribution is -0.135. The molecule has 1 heterocycles. The Morgan fingerprint density at radius 3 is 2.86 bits per heavy atom. The Labute approximate surface area is 85.4 Å². The van der Waals surface area contributed by atoms with E-state index in [0.717, 1.165) is 13.0 Å². The van der Waals surface area contributed by atoms with Crippen molar-refractivity contribution in [3.05, 3.63) is 0 Å². The third-order valence-electron chi connectivity index (χ3n) is 2.57. The zero-order valence-corrected chi connectivity index (χ0v) is 9.22. The lowest BCUT2D eigenvalue weighted by atomic mass is 10.0. The minimum Gasteiger partial charge on any atom is -0.366 e. The number of rotatable bonds is 3. The fraction of sp³-hybridized carbons (Fsp3) is 0.900. The third kappa shape index (κ3) is 3.27. The molecule has 2 N–H and O–H groups in total. The molecule has 14 heavy (non-hydrogen) atoms. The molecule has 4 heteroatoms. The molecular weight excluding hydrogens is 180 g/mol. The van der Waals surface area contributed by atoms with Gasteiger partial charge in [-0.15, -0.1) is 0 Å². The van der Waals surface area contributed by atoms with E-state index < -0.39 is 0 Å². The minimum absolute atomic E-state index is 0.0101. The molecule has 4 nitrogen and oxygen atoms in total. The SMILES string of the molecule is CCC(C)(C)NC(=O)[C@H]1CNCCO1. The molecule has 0 bridgehead atoms. The van der Waals surface area contributed by atoms with Crippen molar-refractivity contribution in [1.29, 1.82) is 0 Å². The number of carbonyl (C=O) groups excluding carboxylic acids is 1. The molecule has 82 valence electrons. The standard InChI is InChI=1S/C10H20N2O2/c1-4-10(2,3)12-9(13)8-7-11-5-6-14-8/h8,11H,4-7H2,1-3H3,(H,12,13)/t8-/m1/s1. The van der Waals surface area contributed by atoms with Crippen LogP contribution in [0.15, 0.2) is 0 Å². The van der Waals surface area contributed by atoms with Gasteiger partial charge in [-0.05, 0) is 20.3 Å². The highest BCUT2D eigenvalue weighted by Crippen LogP contribution is 2.08. The van der Waals surface area contributed by atoms with Gasteiger partial charge in [0.15, 0.2) is 0 Å². The number of amides is 1. The van der Waals surface area contributed by atoms with Gasteiger partial charge in [-0.25, -0.2) is 0 Å². The van der Waals surface area contributed by atoms with Gasteiger partial charge in [-0.3, -0.25) is 4.79 Å². The molecule has 1 fully saturated rings. The van der Waals surface area contributed by atoms with Gasteiger partial charge in [-0.1, -0.05) is 6.92 Å². The molecular formula is C10H20N2O2. The fourth-order valence-electron chi connectivity index (χ4n) is 1.24. The van der Waals surface area contributed by atoms with E-state index in [4.69, 9.17) is 4.74 Å². The van der Waals surface area contributed by atoms with Crippen LogP contribution in [0.1, 0.15) is 27.2 Å². The molecule has 1 aliphatic heterocycles. The maximum Gasteiger partial charge on any atom is 0.250 e. The predicted molar refractivity (Wildman–Crippen MR) is 55.1 cm³/mol. The van der Waals surface area contributed by atoms with Crippen LogP contribution in [0.25, 0.3) is 0 Å². The molecule has 0 spiro atoms. The highest BCUT2D eigenvalue weighted by molar-refractivity contribution is 5.81. The molecule has 0 aliphatic carbocycles. The van der Waals surface area contributed by atoms with Gasteiger partial charge < -0.3 is 15.4 Å². The Morgan fingerprint density at radius 1 is 1.64 bits per heavy atom. The summed E-state index contributed by atoms with van der Waals surface area (Å²) in [5, 5.41) is 6.11. The van der Waals surface area contributed by atoms with Crippen LogP contribution in [0.2, 0.25) is 0 Å². The number of hydrogen-bond donors (Lipinski definition) is 2. The number of hydrogen-bond acceptors (Lipinski definition) is 3. The normalized spacial score (nSPS) is 23.2. The van der Waals surface area contributed by atoms with E-state index in [1.54, 1.807) is 0 Å². The molecule has 1 amide bonds. The first-order chi connectivity index (χ1) is 6.55. The molecule has 1 atom stereocenters. The van der Waals surface area contributed by atoms with E-state index in [0.29, 0.717) is 13.2 Å². The monoisotopic (exact) mass is 200 g/mol. The zero-order chi connectivity index (χ0) is 10.6. The van der Waals surface area contributed by atoms with Gasteiger partial charge in [0.05, 0.1) is 6.61 Å². The van der Waals surface area contributed by atoms with E-state index in [1.807, 2.05) is 13.8 Å². The minimum atomic E-state index is -0.324. The first kappa shape index (κ1) is 11.5. The molecule has 1 rings (SSSR count). The summed E-state index contributed by atoms with van der Waals surface area (Å²) in [5.74, 6) is -0.0101. The summed E-state index contributed by atoms with van der Waals surface area (Å²) in [6.07, 6.45) is 0.591. The summed E-state index contributed by atoms with van der Waals surface area (Å²) in [6.45, 7) is 8.15. The van der Waals surface area contributed by atoms with Gasteiger partial charge in [0.25, 0.3) is 5.91 Å². The molecule has 0 aromatic carbocycles. The number of ether oxygens (including phenoxy) is 1. The predicted octanol–water partition coefficient (Wildman–Crippen LogP) is 0.280. The van der Waals surface area contributed by atoms with Crippen LogP contribution in [-0.4, -0.2) is 37.2 Å². The van der Waals surface area contributed by atoms with Crippen molar-refractivity contribution < 1.29 is 9.53 Å². The smallest absolute Gasteiger partial charge is 0.250 e. The van der Waals surface area contributed by atoms with E-state index in [-0.39, 0.29) is 17.6 Å². The summed E-state index contributed by atoms with van der Waals surface area (Å²) in [6, 6.07) is 0. The maximum atomic E-state index is 11.7. The second kappa shape index (κ2) is 4.75. The number of carbonyl (C=O) groups is 1. The van der Waals surface area contributed by atoms with E-state index in [2.05, 4.69) is 17.6 Å². The summed E-state index contributed by atoms with van der Waals surface area (Å²) in [5.41, 5.74) is -0.141. The van der Waals surface area contributed by atoms with Crippen LogP contribution in [-0.2, 0) is 9.53 Å². The highest BCUT2D eigenvalue weighted by Gasteiger charge is 2.26. The largest absolute Gasteiger partial charge is 0.366 e. The Balaban J connectivity index is 2.40. The van der Waals surface area contributed by atoms with Gasteiger partial charge in [0.1, 0.15) is 6.10 Å². The maximum absolute atomic E-state index is 11.7. The highest BCUT2D eigenvalue weighted by atomic mass is 16.5. The molecule has 0 aromatic rings. The van der Waals surface area contributed by atoms with Crippen LogP contribution >= 0.6 is 0 Å². The van der Waals surface area contributed by atoms with Crippen molar-refractivity contribution in [1.82, 2.24) is 10.6 Å². The summed E-state index contributed by atoms with van der Waals surface area (Å²) >= 11 is 0. The Bertz CT molecular complexity index is 198. The average Bonchev–Trinajstić information content (AvgIpc) is 2.19. The Hall–Kier alpha value is -0.610. The number of nitrogens with one attached hydrogen (secondary N) is 2. The van der Waals surface area contributed by atoms with Gasteiger partial charge >= 0.3 is 0 Å². The molecule has 0 aromatic heterocycles. The molecule has 0 unspecified atom stereocenters. The molecule has 0 radical (unpaired) electrons. The van der Waals surface area contributed by atoms with Crippen molar-refractivity contribution >= 4 is 5.91 Å². The Morgan fingerprint density at radius 2 is 2.36 bits per heavy atom. The first-order valence-corrected chi connectivity index (χ1v) is 5.19. The molecule has 1 aliphatic rings. The quantitative estimate of drug-likeness (QED) is 0.688. The average molecular weight is 200 g/mol. The van der Waals surface area contributed by atoms with Crippen molar-refractivity contribution in [2.45, 2.75) is 38.8 Å². The fourth-order valence-corrected chi connectivity index (χ4v) is 1.24. The van der Waals surface area contributed by atoms with Crippen molar-refractivity contribution in [2.24, 2.45) is 0 Å². The van der Waals surface area contributed by atoms with Crippen LogP contribution in [0.3, 0.4) is 0 Å². The van der Waals surface area contributed by atoms with E-state index in [1.165, 1.54) is 0 Å². The molecule has 0 saturated carbocycles. The van der Waals surface area contributed by atoms with Crippen molar-refractivity contribution in [3.63, 3.8) is 0 Å². The topological polar surface area (TPSA) is 50.4 Å². The van der Waals surface area contributed by atoms with E-state index >= 15 is 0 Å². The zero-order valence-electron chi connectivity index (χ0n) is 9.22. The lowest BCUT2D eigenvalue weighted by Crippen LogP contribution is -2.53. The summed E-state index contributed by atoms with van der Waals surface area (Å²) in [7, 11) is 0. The van der Waals surface area contributed by atoms with Crippen LogP contribution < -0.4 is 10.6 Å². The van der Waals surface area contributed by atoms with Crippen LogP contribution in [0, 0.1) is 0 Å². The number of morpholine rings is 1. The van der Waals surface area contributed by atoms with Gasteiger partial charge in [0.2, 0.25) is 0 Å². The lowest BCUT2D eigenvalue weighted by Gasteiger charge is -2.29. The summed E-state index contributed by atoms with van der Waals surface area (Å²) in [4.78, 5) is 11.7. The second-order valence-electron chi connectivity index (χ2n) is 4.29. The third-order valence-corrected chi connectivity index (χ3v) is 2.57. The molecule has 1 saturated heterocycles. The van der Waals surface area contributed by atoms with Crippen LogP contribution in [0.4, 0.5) is 0 Å². The second-order valence-corrected chi connectivity index (χ2v) is 4.29. The van der Waals surface area contributed by atoms with Crippen LogP contribution in [0.5, 0.6) is 0 Å². The Kier molecular flexibility index (Phi) is 3.89. The van der Waals surface area contributed by atoms with Crippen molar-refractivity contribution in [3.8, 4) is 0 Å². The van der Waals surface area contributed by atoms with Gasteiger partial charge in [-0.2, -0.15) is 0 Å². The first-order valence-electron chi connectivity index (χ1n) is 5.19. The van der Waals surface area contributed by atoms with Crippen molar-refractivity contribution in [2.75, 3.05) is 19.7 Å². The summed E-state index contributed by atoms with van der Waals surface area (Å²) < 4.78 is 5.36. The van der Waals surface area contributed by atoms with E-state index in [9.17, 15) is 4.79 Å².